The summed E-state index contributed by atoms with van der Waals surface area (Å²) in [6.45, 7) is 1.95. The Bertz CT molecular complexity index is 666. The van der Waals surface area contributed by atoms with Crippen LogP contribution in [0.4, 0.5) is 0 Å². The molecule has 0 aliphatic carbocycles. The summed E-state index contributed by atoms with van der Waals surface area (Å²) in [6.07, 6.45) is 0. The van der Waals surface area contributed by atoms with Gasteiger partial charge < -0.3 is 16.2 Å². The number of benzene rings is 2. The molecule has 0 aliphatic heterocycles. The highest BCUT2D eigenvalue weighted by Crippen LogP contribution is 2.26. The Morgan fingerprint density at radius 3 is 2.30 bits per heavy atom. The molecule has 0 heterocycles. The van der Waals surface area contributed by atoms with Crippen LogP contribution in [-0.4, -0.2) is 10.9 Å². The first kappa shape index (κ1) is 14.0. The number of hydrogen-bond donors (Lipinski definition) is 2. The quantitative estimate of drug-likeness (QED) is 0.847. The summed E-state index contributed by atoms with van der Waals surface area (Å²) < 4.78 is 5.74. The molecule has 0 saturated carbocycles. The molecule has 0 radical (unpaired) electrons. The third-order valence-corrected chi connectivity index (χ3v) is 2.99. The van der Waals surface area contributed by atoms with Gasteiger partial charge in [-0.25, -0.2) is 0 Å². The zero-order chi connectivity index (χ0) is 14.7. The SMILES string of the molecule is Cc1ccc(Oc2ccc(C(N)=O)cc2)c(C(N)=S)c1. The van der Waals surface area contributed by atoms with Crippen LogP contribution < -0.4 is 16.2 Å². The summed E-state index contributed by atoms with van der Waals surface area (Å²) >= 11 is 5.02. The Labute approximate surface area is 122 Å². The van der Waals surface area contributed by atoms with Gasteiger partial charge in [-0.1, -0.05) is 23.8 Å². The molecule has 2 rings (SSSR count). The Hall–Kier alpha value is -2.40. The minimum Gasteiger partial charge on any atom is -0.457 e. The predicted octanol–water partition coefficient (Wildman–Crippen LogP) is 2.52. The van der Waals surface area contributed by atoms with Crippen LogP contribution in [0.1, 0.15) is 21.5 Å². The van der Waals surface area contributed by atoms with E-state index in [0.717, 1.165) is 5.56 Å². The van der Waals surface area contributed by atoms with E-state index in [-0.39, 0.29) is 4.99 Å². The lowest BCUT2D eigenvalue weighted by Crippen LogP contribution is -2.11. The van der Waals surface area contributed by atoms with Gasteiger partial charge in [0.25, 0.3) is 0 Å². The minimum absolute atomic E-state index is 0.275. The molecule has 4 nitrogen and oxygen atoms in total. The van der Waals surface area contributed by atoms with Gasteiger partial charge in [-0.05, 0) is 43.3 Å². The fraction of sp³-hybridized carbons (Fsp3) is 0.0667. The van der Waals surface area contributed by atoms with Gasteiger partial charge in [0.15, 0.2) is 0 Å². The maximum Gasteiger partial charge on any atom is 0.248 e. The first-order chi connectivity index (χ1) is 9.47. The van der Waals surface area contributed by atoms with Crippen molar-refractivity contribution in [3.05, 3.63) is 59.2 Å². The predicted molar refractivity (Wildman–Crippen MR) is 82.1 cm³/mol. The summed E-state index contributed by atoms with van der Waals surface area (Å²) in [5, 5.41) is 0. The van der Waals surface area contributed by atoms with Crippen molar-refractivity contribution in [3.63, 3.8) is 0 Å². The standard InChI is InChI=1S/C15H14N2O2S/c1-9-2-7-13(12(8-9)15(17)20)19-11-5-3-10(4-6-11)14(16)18/h2-8H,1H3,(H2,16,18)(H2,17,20). The molecule has 0 atom stereocenters. The lowest BCUT2D eigenvalue weighted by molar-refractivity contribution is 0.100. The van der Waals surface area contributed by atoms with E-state index in [1.54, 1.807) is 24.3 Å². The molecule has 2 aromatic carbocycles. The minimum atomic E-state index is -0.476. The summed E-state index contributed by atoms with van der Waals surface area (Å²) in [6, 6.07) is 12.1. The van der Waals surface area contributed by atoms with Gasteiger partial charge in [0, 0.05) is 5.56 Å². The Morgan fingerprint density at radius 2 is 1.75 bits per heavy atom. The first-order valence-electron chi connectivity index (χ1n) is 5.95. The van der Waals surface area contributed by atoms with Gasteiger partial charge in [-0.2, -0.15) is 0 Å². The van der Waals surface area contributed by atoms with Crippen LogP contribution in [0.15, 0.2) is 42.5 Å². The topological polar surface area (TPSA) is 78.3 Å². The van der Waals surface area contributed by atoms with Crippen LogP contribution in [0.5, 0.6) is 11.5 Å². The maximum atomic E-state index is 11.0. The highest BCUT2D eigenvalue weighted by Gasteiger charge is 2.08. The second-order valence-electron chi connectivity index (χ2n) is 4.35. The van der Waals surface area contributed by atoms with Crippen molar-refractivity contribution in [1.29, 1.82) is 0 Å². The van der Waals surface area contributed by atoms with Crippen molar-refractivity contribution in [2.24, 2.45) is 11.5 Å². The average molecular weight is 286 g/mol. The molecule has 0 spiro atoms. The maximum absolute atomic E-state index is 11.0. The molecule has 5 heteroatoms. The number of amides is 1. The molecule has 2 aromatic rings. The number of primary amides is 1. The van der Waals surface area contributed by atoms with Crippen LogP contribution in [0, 0.1) is 6.92 Å². The number of rotatable bonds is 4. The molecule has 0 bridgehead atoms. The Morgan fingerprint density at radius 1 is 1.10 bits per heavy atom. The lowest BCUT2D eigenvalue weighted by atomic mass is 10.1. The molecule has 0 aliphatic rings. The van der Waals surface area contributed by atoms with Gasteiger partial charge >= 0.3 is 0 Å². The fourth-order valence-corrected chi connectivity index (χ4v) is 1.90. The molecule has 0 unspecified atom stereocenters. The van der Waals surface area contributed by atoms with E-state index in [1.807, 2.05) is 25.1 Å². The van der Waals surface area contributed by atoms with E-state index in [9.17, 15) is 4.79 Å². The number of hydrogen-bond acceptors (Lipinski definition) is 3. The van der Waals surface area contributed by atoms with Gasteiger partial charge in [-0.3, -0.25) is 4.79 Å². The highest BCUT2D eigenvalue weighted by atomic mass is 32.1. The molecule has 4 N–H and O–H groups in total. The zero-order valence-corrected chi connectivity index (χ0v) is 11.7. The second kappa shape index (κ2) is 5.71. The zero-order valence-electron chi connectivity index (χ0n) is 10.9. The van der Waals surface area contributed by atoms with E-state index in [4.69, 9.17) is 28.4 Å². The molecule has 0 saturated heterocycles. The first-order valence-corrected chi connectivity index (χ1v) is 6.36. The molecule has 1 amide bonds. The third kappa shape index (κ3) is 3.13. The molecule has 20 heavy (non-hydrogen) atoms. The van der Waals surface area contributed by atoms with Gasteiger partial charge in [0.1, 0.15) is 16.5 Å². The number of ether oxygens (including phenoxy) is 1. The molecule has 102 valence electrons. The normalized spacial score (nSPS) is 10.1. The summed E-state index contributed by atoms with van der Waals surface area (Å²) in [5.41, 5.74) is 13.0. The van der Waals surface area contributed by atoms with E-state index in [2.05, 4.69) is 0 Å². The van der Waals surface area contributed by atoms with E-state index in [1.165, 1.54) is 0 Å². The largest absolute Gasteiger partial charge is 0.457 e. The summed E-state index contributed by atoms with van der Waals surface area (Å²) in [4.78, 5) is 11.3. The van der Waals surface area contributed by atoms with Crippen LogP contribution in [0.25, 0.3) is 0 Å². The van der Waals surface area contributed by atoms with Crippen molar-refractivity contribution in [3.8, 4) is 11.5 Å². The third-order valence-electron chi connectivity index (χ3n) is 2.77. The average Bonchev–Trinajstić information content (AvgIpc) is 2.41. The second-order valence-corrected chi connectivity index (χ2v) is 4.79. The van der Waals surface area contributed by atoms with Crippen LogP contribution in [0.3, 0.4) is 0 Å². The molecular formula is C15H14N2O2S. The number of carbonyl (C=O) groups is 1. The molecule has 0 aromatic heterocycles. The van der Waals surface area contributed by atoms with E-state index >= 15 is 0 Å². The Balaban J connectivity index is 2.30. The van der Waals surface area contributed by atoms with Crippen LogP contribution in [0.2, 0.25) is 0 Å². The van der Waals surface area contributed by atoms with E-state index < -0.39 is 5.91 Å². The Kier molecular flexibility index (Phi) is 4.00. The lowest BCUT2D eigenvalue weighted by Gasteiger charge is -2.11. The monoisotopic (exact) mass is 286 g/mol. The van der Waals surface area contributed by atoms with E-state index in [0.29, 0.717) is 22.6 Å². The van der Waals surface area contributed by atoms with Crippen LogP contribution in [-0.2, 0) is 0 Å². The number of thiocarbonyl (C=S) groups is 1. The van der Waals surface area contributed by atoms with Crippen LogP contribution >= 0.6 is 12.2 Å². The van der Waals surface area contributed by atoms with Crippen molar-refractivity contribution >= 4 is 23.1 Å². The van der Waals surface area contributed by atoms with Gasteiger partial charge in [0.2, 0.25) is 5.91 Å². The van der Waals surface area contributed by atoms with Crippen molar-refractivity contribution in [2.45, 2.75) is 6.92 Å². The van der Waals surface area contributed by atoms with Crippen molar-refractivity contribution in [1.82, 2.24) is 0 Å². The smallest absolute Gasteiger partial charge is 0.248 e. The number of aryl methyl sites for hydroxylation is 1. The summed E-state index contributed by atoms with van der Waals surface area (Å²) in [5.74, 6) is 0.682. The number of nitrogens with two attached hydrogens (primary N) is 2. The van der Waals surface area contributed by atoms with Gasteiger partial charge in [0.05, 0.1) is 5.56 Å². The highest BCUT2D eigenvalue weighted by molar-refractivity contribution is 7.80. The van der Waals surface area contributed by atoms with Gasteiger partial charge in [-0.15, -0.1) is 0 Å². The number of carbonyl (C=O) groups excluding carboxylic acids is 1. The summed E-state index contributed by atoms with van der Waals surface area (Å²) in [7, 11) is 0. The van der Waals surface area contributed by atoms with Crippen molar-refractivity contribution in [2.75, 3.05) is 0 Å². The molecule has 0 fully saturated rings. The fourth-order valence-electron chi connectivity index (χ4n) is 1.74. The van der Waals surface area contributed by atoms with Crippen molar-refractivity contribution < 1.29 is 9.53 Å². The molecular weight excluding hydrogens is 272 g/mol.